The molecule has 2 aromatic carbocycles. The molecule has 0 unspecified atom stereocenters. The summed E-state index contributed by atoms with van der Waals surface area (Å²) in [5.74, 6) is -0.301. The zero-order chi connectivity index (χ0) is 24.2. The van der Waals surface area contributed by atoms with Crippen molar-refractivity contribution in [3.8, 4) is 0 Å². The second-order valence-electron chi connectivity index (χ2n) is 8.34. The lowest BCUT2D eigenvalue weighted by Gasteiger charge is -2.22. The Bertz CT molecular complexity index is 1410. The van der Waals surface area contributed by atoms with E-state index in [2.05, 4.69) is 11.4 Å². The molecule has 1 N–H and O–H groups in total. The normalized spacial score (nSPS) is 14.0. The van der Waals surface area contributed by atoms with E-state index in [1.807, 2.05) is 48.5 Å². The average molecular weight is 487 g/mol. The molecular weight excluding hydrogens is 464 g/mol. The predicted octanol–water partition coefficient (Wildman–Crippen LogP) is 5.83. The molecule has 4 aromatic rings. The smallest absolute Gasteiger partial charge is 0.339 e. The molecule has 1 aliphatic carbocycles. The number of aromatic nitrogens is 1. The van der Waals surface area contributed by atoms with Crippen molar-refractivity contribution in [1.82, 2.24) is 10.3 Å². The summed E-state index contributed by atoms with van der Waals surface area (Å²) in [5.41, 5.74) is 4.93. The fraction of sp³-hybridized carbons (Fsp3) is 0.179. The highest BCUT2D eigenvalue weighted by Crippen LogP contribution is 2.36. The van der Waals surface area contributed by atoms with Crippen LogP contribution >= 0.6 is 11.6 Å². The third-order valence-corrected chi connectivity index (χ3v) is 6.21. The molecule has 2 heterocycles. The van der Waals surface area contributed by atoms with Crippen LogP contribution in [0.15, 0.2) is 71.3 Å². The van der Waals surface area contributed by atoms with E-state index in [4.69, 9.17) is 25.7 Å². The second-order valence-corrected chi connectivity index (χ2v) is 8.77. The number of nitrogens with zero attached hydrogens (tertiary/aromatic N) is 1. The van der Waals surface area contributed by atoms with Crippen LogP contribution in [0.25, 0.3) is 22.6 Å². The maximum atomic E-state index is 13.3. The molecule has 0 bridgehead atoms. The monoisotopic (exact) mass is 486 g/mol. The molecule has 5 rings (SSSR count). The van der Waals surface area contributed by atoms with Crippen LogP contribution < -0.4 is 5.32 Å². The Labute approximate surface area is 207 Å². The maximum Gasteiger partial charge on any atom is 0.339 e. The zero-order valence-corrected chi connectivity index (χ0v) is 19.7. The van der Waals surface area contributed by atoms with Gasteiger partial charge >= 0.3 is 5.97 Å². The number of hydrogen-bond acceptors (Lipinski definition) is 5. The molecule has 176 valence electrons. The summed E-state index contributed by atoms with van der Waals surface area (Å²) in [4.78, 5) is 30.4. The molecule has 7 heteroatoms. The fourth-order valence-electron chi connectivity index (χ4n) is 4.32. The van der Waals surface area contributed by atoms with Crippen molar-refractivity contribution in [2.24, 2.45) is 0 Å². The molecule has 0 spiro atoms. The number of halogens is 1. The van der Waals surface area contributed by atoms with E-state index >= 15 is 0 Å². The van der Waals surface area contributed by atoms with Gasteiger partial charge in [0.2, 0.25) is 0 Å². The SMILES string of the molecule is O=C(COC(=O)c1c2c(nc3ccccc13)/C(=C/c1ccc(Cl)cc1)CCC2)NCc1ccco1. The molecule has 0 radical (unpaired) electrons. The van der Waals surface area contributed by atoms with Crippen molar-refractivity contribution in [1.29, 1.82) is 0 Å². The van der Waals surface area contributed by atoms with Crippen LogP contribution in [-0.4, -0.2) is 23.5 Å². The number of para-hydroxylation sites is 1. The topological polar surface area (TPSA) is 81.4 Å². The van der Waals surface area contributed by atoms with Gasteiger partial charge in [0.05, 0.1) is 29.6 Å². The van der Waals surface area contributed by atoms with E-state index in [1.54, 1.807) is 12.1 Å². The Morgan fingerprint density at radius 3 is 2.69 bits per heavy atom. The summed E-state index contributed by atoms with van der Waals surface area (Å²) in [5, 5.41) is 4.09. The van der Waals surface area contributed by atoms with Crippen LogP contribution in [0.1, 0.15) is 45.8 Å². The maximum absolute atomic E-state index is 13.3. The van der Waals surface area contributed by atoms with Crippen LogP contribution in [0.3, 0.4) is 0 Å². The van der Waals surface area contributed by atoms with Gasteiger partial charge in [-0.25, -0.2) is 9.78 Å². The van der Waals surface area contributed by atoms with Crippen molar-refractivity contribution in [2.75, 3.05) is 6.61 Å². The van der Waals surface area contributed by atoms with E-state index in [1.165, 1.54) is 6.26 Å². The summed E-state index contributed by atoms with van der Waals surface area (Å²) in [6.45, 7) is -0.145. The second kappa shape index (κ2) is 10.2. The number of esters is 1. The summed E-state index contributed by atoms with van der Waals surface area (Å²) in [6.07, 6.45) is 6.07. The van der Waals surface area contributed by atoms with Gasteiger partial charge in [0.1, 0.15) is 5.76 Å². The molecule has 0 aliphatic heterocycles. The number of hydrogen-bond donors (Lipinski definition) is 1. The Morgan fingerprint density at radius 1 is 1.06 bits per heavy atom. The van der Waals surface area contributed by atoms with Gasteiger partial charge in [-0.1, -0.05) is 41.9 Å². The molecular formula is C28H23ClN2O4. The van der Waals surface area contributed by atoms with E-state index in [-0.39, 0.29) is 13.2 Å². The Balaban J connectivity index is 1.44. The first-order chi connectivity index (χ1) is 17.1. The molecule has 0 atom stereocenters. The highest BCUT2D eigenvalue weighted by atomic mass is 35.5. The van der Waals surface area contributed by atoms with Crippen molar-refractivity contribution in [2.45, 2.75) is 25.8 Å². The summed E-state index contributed by atoms with van der Waals surface area (Å²) < 4.78 is 10.7. The number of benzene rings is 2. The highest BCUT2D eigenvalue weighted by molar-refractivity contribution is 6.30. The number of ether oxygens (including phenoxy) is 1. The molecule has 35 heavy (non-hydrogen) atoms. The Kier molecular flexibility index (Phi) is 6.64. The lowest BCUT2D eigenvalue weighted by molar-refractivity contribution is -0.124. The van der Waals surface area contributed by atoms with Crippen LogP contribution in [-0.2, 0) is 22.5 Å². The van der Waals surface area contributed by atoms with Crippen LogP contribution in [0.5, 0.6) is 0 Å². The third-order valence-electron chi connectivity index (χ3n) is 5.96. The first kappa shape index (κ1) is 22.9. The third kappa shape index (κ3) is 5.12. The van der Waals surface area contributed by atoms with Crippen molar-refractivity contribution < 1.29 is 18.7 Å². The lowest BCUT2D eigenvalue weighted by atomic mass is 9.86. The van der Waals surface area contributed by atoms with Gasteiger partial charge in [0, 0.05) is 10.4 Å². The zero-order valence-electron chi connectivity index (χ0n) is 18.9. The van der Waals surface area contributed by atoms with Crippen LogP contribution in [0, 0.1) is 0 Å². The van der Waals surface area contributed by atoms with E-state index < -0.39 is 11.9 Å². The quantitative estimate of drug-likeness (QED) is 0.347. The average Bonchev–Trinajstić information content (AvgIpc) is 3.40. The molecule has 0 saturated heterocycles. The lowest BCUT2D eigenvalue weighted by Crippen LogP contribution is -2.28. The Hall–Kier alpha value is -3.90. The fourth-order valence-corrected chi connectivity index (χ4v) is 4.45. The molecule has 1 aliphatic rings. The van der Waals surface area contributed by atoms with Crippen molar-refractivity contribution >= 4 is 46.0 Å². The number of fused-ring (bicyclic) bond motifs is 2. The van der Waals surface area contributed by atoms with E-state index in [0.29, 0.717) is 28.3 Å². The molecule has 1 amide bonds. The number of amides is 1. The Morgan fingerprint density at radius 2 is 1.89 bits per heavy atom. The van der Waals surface area contributed by atoms with Gasteiger partial charge in [0.25, 0.3) is 5.91 Å². The number of carbonyl (C=O) groups is 2. The van der Waals surface area contributed by atoms with Gasteiger partial charge in [-0.3, -0.25) is 4.79 Å². The van der Waals surface area contributed by atoms with Gasteiger partial charge < -0.3 is 14.5 Å². The van der Waals surface area contributed by atoms with Gasteiger partial charge in [-0.2, -0.15) is 0 Å². The minimum atomic E-state index is -0.527. The molecule has 0 saturated carbocycles. The largest absolute Gasteiger partial charge is 0.467 e. The summed E-state index contributed by atoms with van der Waals surface area (Å²) in [7, 11) is 0. The van der Waals surface area contributed by atoms with E-state index in [9.17, 15) is 9.59 Å². The van der Waals surface area contributed by atoms with Gasteiger partial charge in [-0.05, 0) is 72.4 Å². The predicted molar refractivity (Wildman–Crippen MR) is 135 cm³/mol. The van der Waals surface area contributed by atoms with Crippen molar-refractivity contribution in [3.05, 3.63) is 100 Å². The minimum absolute atomic E-state index is 0.232. The van der Waals surface area contributed by atoms with E-state index in [0.717, 1.165) is 40.6 Å². The van der Waals surface area contributed by atoms with Crippen molar-refractivity contribution in [3.63, 3.8) is 0 Å². The van der Waals surface area contributed by atoms with Gasteiger partial charge in [-0.15, -0.1) is 0 Å². The van der Waals surface area contributed by atoms with Gasteiger partial charge in [0.15, 0.2) is 6.61 Å². The van der Waals surface area contributed by atoms with Crippen LogP contribution in [0.4, 0.5) is 0 Å². The first-order valence-electron chi connectivity index (χ1n) is 11.4. The summed E-state index contributed by atoms with van der Waals surface area (Å²) >= 11 is 6.04. The van der Waals surface area contributed by atoms with Crippen LogP contribution in [0.2, 0.25) is 5.02 Å². The number of carbonyl (C=O) groups excluding carboxylic acids is 2. The molecule has 0 fully saturated rings. The number of pyridine rings is 1. The number of nitrogens with one attached hydrogen (secondary N) is 1. The summed E-state index contributed by atoms with van der Waals surface area (Å²) in [6, 6.07) is 18.6. The standard InChI is InChI=1S/C28H23ClN2O4/c29-20-12-10-18(11-13-20)15-19-5-3-8-23-26(22-7-1-2-9-24(22)31-27(19)23)28(33)35-17-25(32)30-16-21-6-4-14-34-21/h1-2,4,6-7,9-15H,3,5,8,16-17H2,(H,30,32)/b19-15+. The minimum Gasteiger partial charge on any atom is -0.467 e. The number of allylic oxidation sites excluding steroid dienone is 1. The number of rotatable bonds is 6. The molecule has 6 nitrogen and oxygen atoms in total. The first-order valence-corrected chi connectivity index (χ1v) is 11.8. The highest BCUT2D eigenvalue weighted by Gasteiger charge is 2.26. The number of furan rings is 1. The molecule has 2 aromatic heterocycles.